The maximum Gasteiger partial charge on any atom is 0.305 e. The second-order valence-electron chi connectivity index (χ2n) is 4.58. The molecular weight excluding hydrogens is 224 g/mol. The highest BCUT2D eigenvalue weighted by Gasteiger charge is 2.38. The van der Waals surface area contributed by atoms with Gasteiger partial charge in [0.15, 0.2) is 5.82 Å². The Balaban J connectivity index is 2.24. The Hall–Kier alpha value is -1.50. The number of aromatic nitrogens is 4. The van der Waals surface area contributed by atoms with Crippen molar-refractivity contribution in [1.29, 1.82) is 0 Å². The lowest BCUT2D eigenvalue weighted by Crippen LogP contribution is -2.28. The van der Waals surface area contributed by atoms with Crippen molar-refractivity contribution in [2.24, 2.45) is 0 Å². The molecule has 1 aliphatic rings. The van der Waals surface area contributed by atoms with Crippen LogP contribution in [0.1, 0.15) is 45.0 Å². The van der Waals surface area contributed by atoms with E-state index in [1.165, 1.54) is 0 Å². The van der Waals surface area contributed by atoms with Gasteiger partial charge in [0.05, 0.1) is 12.5 Å². The minimum atomic E-state index is -0.864. The van der Waals surface area contributed by atoms with Crippen LogP contribution >= 0.6 is 0 Å². The third-order valence-corrected chi connectivity index (χ3v) is 3.07. The number of hydrogen-bond donors (Lipinski definition) is 1. The minimum absolute atomic E-state index is 0.00583. The highest BCUT2D eigenvalue weighted by molar-refractivity contribution is 5.67. The molecule has 1 saturated heterocycles. The first-order valence-corrected chi connectivity index (χ1v) is 5.67. The molecule has 0 aromatic carbocycles. The van der Waals surface area contributed by atoms with Crippen molar-refractivity contribution in [3.8, 4) is 0 Å². The molecule has 0 aliphatic carbocycles. The molecule has 94 valence electrons. The third kappa shape index (κ3) is 2.28. The molecular formula is C10H16N4O3. The van der Waals surface area contributed by atoms with E-state index in [-0.39, 0.29) is 12.5 Å². The SMILES string of the molecule is CC(CC(=O)O)n1nnnc1C1(C)CCCO1. The summed E-state index contributed by atoms with van der Waals surface area (Å²) in [5, 5.41) is 20.3. The Morgan fingerprint density at radius 1 is 1.71 bits per heavy atom. The van der Waals surface area contributed by atoms with Crippen molar-refractivity contribution >= 4 is 5.97 Å². The molecule has 0 amide bonds. The zero-order chi connectivity index (χ0) is 12.5. The number of carbonyl (C=O) groups is 1. The smallest absolute Gasteiger partial charge is 0.305 e. The van der Waals surface area contributed by atoms with Gasteiger partial charge >= 0.3 is 5.97 Å². The van der Waals surface area contributed by atoms with Gasteiger partial charge in [0.1, 0.15) is 5.60 Å². The van der Waals surface area contributed by atoms with E-state index in [4.69, 9.17) is 9.84 Å². The van der Waals surface area contributed by atoms with Crippen LogP contribution in [0.3, 0.4) is 0 Å². The summed E-state index contributed by atoms with van der Waals surface area (Å²) >= 11 is 0. The van der Waals surface area contributed by atoms with E-state index in [0.717, 1.165) is 12.8 Å². The van der Waals surface area contributed by atoms with Crippen LogP contribution in [-0.2, 0) is 15.1 Å². The Morgan fingerprint density at radius 2 is 2.47 bits per heavy atom. The maximum absolute atomic E-state index is 10.7. The molecule has 2 rings (SSSR count). The normalized spacial score (nSPS) is 26.0. The molecule has 7 nitrogen and oxygen atoms in total. The Kier molecular flexibility index (Phi) is 3.10. The summed E-state index contributed by atoms with van der Waals surface area (Å²) < 4.78 is 7.22. The van der Waals surface area contributed by atoms with Crippen LogP contribution in [0.4, 0.5) is 0 Å². The van der Waals surface area contributed by atoms with Crippen molar-refractivity contribution < 1.29 is 14.6 Å². The number of aliphatic carboxylic acids is 1. The van der Waals surface area contributed by atoms with Crippen molar-refractivity contribution in [3.63, 3.8) is 0 Å². The van der Waals surface area contributed by atoms with Gasteiger partial charge in [-0.25, -0.2) is 4.68 Å². The van der Waals surface area contributed by atoms with E-state index < -0.39 is 11.6 Å². The molecule has 1 N–H and O–H groups in total. The monoisotopic (exact) mass is 240 g/mol. The van der Waals surface area contributed by atoms with Crippen LogP contribution in [0.2, 0.25) is 0 Å². The summed E-state index contributed by atoms with van der Waals surface area (Å²) in [6, 6.07) is -0.279. The Labute approximate surface area is 98.8 Å². The average Bonchev–Trinajstić information content (AvgIpc) is 2.84. The van der Waals surface area contributed by atoms with Crippen molar-refractivity contribution in [3.05, 3.63) is 5.82 Å². The number of ether oxygens (including phenoxy) is 1. The molecule has 2 unspecified atom stereocenters. The van der Waals surface area contributed by atoms with Gasteiger partial charge in [0.25, 0.3) is 0 Å². The summed E-state index contributed by atoms with van der Waals surface area (Å²) in [5.74, 6) is -0.250. The first kappa shape index (κ1) is 12.0. The molecule has 1 aromatic heterocycles. The summed E-state index contributed by atoms with van der Waals surface area (Å²) in [6.45, 7) is 4.42. The zero-order valence-corrected chi connectivity index (χ0v) is 9.96. The number of rotatable bonds is 4. The molecule has 0 spiro atoms. The van der Waals surface area contributed by atoms with E-state index in [1.807, 2.05) is 6.92 Å². The fourth-order valence-electron chi connectivity index (χ4n) is 2.13. The van der Waals surface area contributed by atoms with E-state index in [2.05, 4.69) is 15.5 Å². The standard InChI is InChI=1S/C10H16N4O3/c1-7(6-8(15)16)14-9(11-12-13-14)10(2)4-3-5-17-10/h7H,3-6H2,1-2H3,(H,15,16). The van der Waals surface area contributed by atoms with Gasteiger partial charge in [0, 0.05) is 6.61 Å². The first-order valence-electron chi connectivity index (χ1n) is 5.67. The summed E-state index contributed by atoms with van der Waals surface area (Å²) in [7, 11) is 0. The predicted molar refractivity (Wildman–Crippen MR) is 57.3 cm³/mol. The van der Waals surface area contributed by atoms with Crippen molar-refractivity contribution in [2.75, 3.05) is 6.61 Å². The van der Waals surface area contributed by atoms with Crippen LogP contribution in [0.25, 0.3) is 0 Å². The number of nitrogens with zero attached hydrogens (tertiary/aromatic N) is 4. The molecule has 0 saturated carbocycles. The Bertz CT molecular complexity index is 411. The maximum atomic E-state index is 10.7. The van der Waals surface area contributed by atoms with Gasteiger partial charge in [0.2, 0.25) is 0 Å². The number of hydrogen-bond acceptors (Lipinski definition) is 5. The van der Waals surface area contributed by atoms with Crippen LogP contribution in [0.5, 0.6) is 0 Å². The largest absolute Gasteiger partial charge is 0.481 e. The van der Waals surface area contributed by atoms with Crippen LogP contribution in [0.15, 0.2) is 0 Å². The third-order valence-electron chi connectivity index (χ3n) is 3.07. The lowest BCUT2D eigenvalue weighted by atomic mass is 10.0. The van der Waals surface area contributed by atoms with Crippen LogP contribution in [0, 0.1) is 0 Å². The van der Waals surface area contributed by atoms with Gasteiger partial charge in [-0.15, -0.1) is 5.10 Å². The lowest BCUT2D eigenvalue weighted by molar-refractivity contribution is -0.137. The fourth-order valence-corrected chi connectivity index (χ4v) is 2.13. The highest BCUT2D eigenvalue weighted by Crippen LogP contribution is 2.34. The van der Waals surface area contributed by atoms with E-state index in [1.54, 1.807) is 11.6 Å². The topological polar surface area (TPSA) is 90.1 Å². The van der Waals surface area contributed by atoms with Crippen molar-refractivity contribution in [2.45, 2.75) is 44.8 Å². The minimum Gasteiger partial charge on any atom is -0.481 e. The number of carboxylic acid groups (broad SMARTS) is 1. The number of tetrazole rings is 1. The first-order chi connectivity index (χ1) is 8.03. The van der Waals surface area contributed by atoms with Gasteiger partial charge in [-0.05, 0) is 37.1 Å². The Morgan fingerprint density at radius 3 is 3.06 bits per heavy atom. The molecule has 1 aromatic rings. The summed E-state index contributed by atoms with van der Waals surface area (Å²) in [6.07, 6.45) is 1.82. The van der Waals surface area contributed by atoms with Gasteiger partial charge in [-0.2, -0.15) is 0 Å². The van der Waals surface area contributed by atoms with Crippen LogP contribution < -0.4 is 0 Å². The average molecular weight is 240 g/mol. The molecule has 2 atom stereocenters. The van der Waals surface area contributed by atoms with Gasteiger partial charge < -0.3 is 9.84 Å². The van der Waals surface area contributed by atoms with E-state index in [9.17, 15) is 4.79 Å². The van der Waals surface area contributed by atoms with Crippen LogP contribution in [-0.4, -0.2) is 37.9 Å². The summed E-state index contributed by atoms with van der Waals surface area (Å²) in [4.78, 5) is 10.7. The van der Waals surface area contributed by atoms with E-state index in [0.29, 0.717) is 12.4 Å². The molecule has 7 heteroatoms. The molecule has 1 fully saturated rings. The van der Waals surface area contributed by atoms with Gasteiger partial charge in [-0.3, -0.25) is 4.79 Å². The molecule has 17 heavy (non-hydrogen) atoms. The predicted octanol–water partition coefficient (Wildman–Crippen LogP) is 0.734. The second kappa shape index (κ2) is 4.40. The lowest BCUT2D eigenvalue weighted by Gasteiger charge is -2.23. The number of carboxylic acids is 1. The summed E-state index contributed by atoms with van der Waals surface area (Å²) in [5.41, 5.74) is -0.490. The zero-order valence-electron chi connectivity index (χ0n) is 9.96. The second-order valence-corrected chi connectivity index (χ2v) is 4.58. The highest BCUT2D eigenvalue weighted by atomic mass is 16.5. The molecule has 2 heterocycles. The molecule has 0 bridgehead atoms. The van der Waals surface area contributed by atoms with Crippen molar-refractivity contribution in [1.82, 2.24) is 20.2 Å². The van der Waals surface area contributed by atoms with E-state index >= 15 is 0 Å². The molecule has 1 aliphatic heterocycles. The molecule has 0 radical (unpaired) electrons. The van der Waals surface area contributed by atoms with Gasteiger partial charge in [-0.1, -0.05) is 0 Å². The fraction of sp³-hybridized carbons (Fsp3) is 0.800. The quantitative estimate of drug-likeness (QED) is 0.834.